The van der Waals surface area contributed by atoms with Crippen molar-refractivity contribution in [2.45, 2.75) is 24.8 Å². The maximum Gasteiger partial charge on any atom is 0.186 e. The van der Waals surface area contributed by atoms with Crippen LogP contribution >= 0.6 is 0 Å². The standard InChI is InChI=1S/C10H18O6/c1-3-4-14-6-8-10(13-2)16-7(5-11)9(12)15-8/h3,7-12H,1,4-6H2,2H3. The molecule has 0 spiro atoms. The van der Waals surface area contributed by atoms with E-state index in [-0.39, 0.29) is 13.2 Å². The number of hydrogen-bond acceptors (Lipinski definition) is 6. The Balaban J connectivity index is 2.45. The van der Waals surface area contributed by atoms with E-state index in [0.29, 0.717) is 6.61 Å². The van der Waals surface area contributed by atoms with Gasteiger partial charge in [0.15, 0.2) is 12.6 Å². The second kappa shape index (κ2) is 6.95. The molecule has 0 aromatic heterocycles. The van der Waals surface area contributed by atoms with Gasteiger partial charge in [-0.05, 0) is 0 Å². The largest absolute Gasteiger partial charge is 0.393 e. The van der Waals surface area contributed by atoms with Crippen molar-refractivity contribution in [2.75, 3.05) is 26.9 Å². The van der Waals surface area contributed by atoms with E-state index in [1.165, 1.54) is 7.11 Å². The number of ether oxygens (including phenoxy) is 4. The summed E-state index contributed by atoms with van der Waals surface area (Å²) < 4.78 is 20.7. The van der Waals surface area contributed by atoms with Crippen LogP contribution < -0.4 is 0 Å². The average molecular weight is 234 g/mol. The van der Waals surface area contributed by atoms with Gasteiger partial charge in [0, 0.05) is 7.11 Å². The lowest BCUT2D eigenvalue weighted by atomic mass is 10.2. The first kappa shape index (κ1) is 13.6. The number of rotatable bonds is 6. The molecule has 1 saturated heterocycles. The predicted molar refractivity (Wildman–Crippen MR) is 54.7 cm³/mol. The van der Waals surface area contributed by atoms with E-state index in [4.69, 9.17) is 24.1 Å². The number of methoxy groups -OCH3 is 1. The zero-order chi connectivity index (χ0) is 12.0. The summed E-state index contributed by atoms with van der Waals surface area (Å²) in [5.74, 6) is 0. The van der Waals surface area contributed by atoms with Gasteiger partial charge < -0.3 is 29.2 Å². The quantitative estimate of drug-likeness (QED) is 0.465. The highest BCUT2D eigenvalue weighted by Gasteiger charge is 2.37. The Morgan fingerprint density at radius 1 is 1.38 bits per heavy atom. The van der Waals surface area contributed by atoms with Crippen LogP contribution in [0, 0.1) is 0 Å². The first-order valence-electron chi connectivity index (χ1n) is 5.04. The second-order valence-electron chi connectivity index (χ2n) is 3.35. The average Bonchev–Trinajstić information content (AvgIpc) is 2.30. The Bertz CT molecular complexity index is 209. The van der Waals surface area contributed by atoms with Gasteiger partial charge in [0.1, 0.15) is 12.2 Å². The third-order valence-electron chi connectivity index (χ3n) is 2.17. The molecule has 0 saturated carbocycles. The highest BCUT2D eigenvalue weighted by Crippen LogP contribution is 2.19. The van der Waals surface area contributed by atoms with E-state index < -0.39 is 24.8 Å². The van der Waals surface area contributed by atoms with Crippen LogP contribution in [0.15, 0.2) is 12.7 Å². The molecule has 6 heteroatoms. The molecule has 0 aromatic rings. The molecule has 0 aromatic carbocycles. The molecule has 0 bridgehead atoms. The Morgan fingerprint density at radius 3 is 2.69 bits per heavy atom. The minimum atomic E-state index is -1.17. The van der Waals surface area contributed by atoms with Crippen LogP contribution in [0.3, 0.4) is 0 Å². The predicted octanol–water partition coefficient (Wildman–Crippen LogP) is -0.744. The molecule has 16 heavy (non-hydrogen) atoms. The highest BCUT2D eigenvalue weighted by molar-refractivity contribution is 4.75. The van der Waals surface area contributed by atoms with Gasteiger partial charge in [-0.2, -0.15) is 0 Å². The first-order chi connectivity index (χ1) is 7.72. The highest BCUT2D eigenvalue weighted by atomic mass is 16.8. The van der Waals surface area contributed by atoms with Crippen molar-refractivity contribution >= 4 is 0 Å². The van der Waals surface area contributed by atoms with E-state index in [1.807, 2.05) is 0 Å². The van der Waals surface area contributed by atoms with Crippen molar-refractivity contribution in [3.63, 3.8) is 0 Å². The topological polar surface area (TPSA) is 77.4 Å². The minimum Gasteiger partial charge on any atom is -0.393 e. The fraction of sp³-hybridized carbons (Fsp3) is 0.800. The lowest BCUT2D eigenvalue weighted by Crippen LogP contribution is -2.52. The third-order valence-corrected chi connectivity index (χ3v) is 2.17. The lowest BCUT2D eigenvalue weighted by molar-refractivity contribution is -0.345. The molecule has 1 rings (SSSR count). The van der Waals surface area contributed by atoms with Crippen LogP contribution in [0.4, 0.5) is 0 Å². The summed E-state index contributed by atoms with van der Waals surface area (Å²) in [6.45, 7) is 3.79. The molecule has 6 nitrogen and oxygen atoms in total. The number of aliphatic hydroxyl groups excluding tert-OH is 2. The zero-order valence-electron chi connectivity index (χ0n) is 9.24. The van der Waals surface area contributed by atoms with Crippen LogP contribution in [0.1, 0.15) is 0 Å². The van der Waals surface area contributed by atoms with Crippen molar-refractivity contribution in [3.8, 4) is 0 Å². The number of hydrogen-bond donors (Lipinski definition) is 2. The second-order valence-corrected chi connectivity index (χ2v) is 3.35. The first-order valence-corrected chi connectivity index (χ1v) is 5.04. The van der Waals surface area contributed by atoms with Crippen molar-refractivity contribution in [1.82, 2.24) is 0 Å². The van der Waals surface area contributed by atoms with Crippen LogP contribution in [0.25, 0.3) is 0 Å². The minimum absolute atomic E-state index is 0.222. The molecule has 1 aliphatic heterocycles. The Morgan fingerprint density at radius 2 is 2.12 bits per heavy atom. The monoisotopic (exact) mass is 234 g/mol. The zero-order valence-corrected chi connectivity index (χ0v) is 9.24. The van der Waals surface area contributed by atoms with E-state index in [0.717, 1.165) is 0 Å². The third kappa shape index (κ3) is 3.51. The summed E-state index contributed by atoms with van der Waals surface area (Å²) in [7, 11) is 1.46. The van der Waals surface area contributed by atoms with Gasteiger partial charge in [0.25, 0.3) is 0 Å². The van der Waals surface area contributed by atoms with Crippen molar-refractivity contribution in [1.29, 1.82) is 0 Å². The Hall–Kier alpha value is -0.500. The van der Waals surface area contributed by atoms with Gasteiger partial charge in [-0.1, -0.05) is 6.08 Å². The van der Waals surface area contributed by atoms with Crippen molar-refractivity contribution < 1.29 is 29.2 Å². The van der Waals surface area contributed by atoms with Crippen LogP contribution in [0.2, 0.25) is 0 Å². The molecule has 0 aliphatic carbocycles. The normalized spacial score (nSPS) is 34.9. The number of aliphatic hydroxyl groups is 2. The van der Waals surface area contributed by atoms with Gasteiger partial charge in [-0.25, -0.2) is 0 Å². The smallest absolute Gasteiger partial charge is 0.186 e. The van der Waals surface area contributed by atoms with Crippen molar-refractivity contribution in [3.05, 3.63) is 12.7 Å². The summed E-state index contributed by atoms with van der Waals surface area (Å²) in [5, 5.41) is 18.4. The molecule has 2 N–H and O–H groups in total. The SMILES string of the molecule is C=CCOCC1OC(O)C(CO)OC1OC. The molecule has 0 radical (unpaired) electrons. The fourth-order valence-corrected chi connectivity index (χ4v) is 1.38. The van der Waals surface area contributed by atoms with Crippen LogP contribution in [-0.2, 0) is 18.9 Å². The lowest BCUT2D eigenvalue weighted by Gasteiger charge is -2.37. The Kier molecular flexibility index (Phi) is 5.89. The van der Waals surface area contributed by atoms with Gasteiger partial charge in [-0.3, -0.25) is 0 Å². The fourth-order valence-electron chi connectivity index (χ4n) is 1.38. The molecule has 1 fully saturated rings. The molecule has 94 valence electrons. The van der Waals surface area contributed by atoms with E-state index in [2.05, 4.69) is 6.58 Å². The molecule has 1 heterocycles. The molecule has 4 atom stereocenters. The Labute approximate surface area is 94.4 Å². The molecule has 0 amide bonds. The van der Waals surface area contributed by atoms with Gasteiger partial charge in [-0.15, -0.1) is 6.58 Å². The van der Waals surface area contributed by atoms with Gasteiger partial charge >= 0.3 is 0 Å². The maximum atomic E-state index is 9.47. The van der Waals surface area contributed by atoms with E-state index >= 15 is 0 Å². The summed E-state index contributed by atoms with van der Waals surface area (Å²) >= 11 is 0. The molecular weight excluding hydrogens is 216 g/mol. The van der Waals surface area contributed by atoms with Crippen molar-refractivity contribution in [2.24, 2.45) is 0 Å². The van der Waals surface area contributed by atoms with Crippen LogP contribution in [0.5, 0.6) is 0 Å². The van der Waals surface area contributed by atoms with Crippen LogP contribution in [-0.4, -0.2) is 61.9 Å². The molecular formula is C10H18O6. The summed E-state index contributed by atoms with van der Waals surface area (Å²) in [6.07, 6.45) is -1.54. The molecule has 4 unspecified atom stereocenters. The van der Waals surface area contributed by atoms with Gasteiger partial charge in [0.05, 0.1) is 19.8 Å². The maximum absolute atomic E-state index is 9.47. The summed E-state index contributed by atoms with van der Waals surface area (Å²) in [4.78, 5) is 0. The summed E-state index contributed by atoms with van der Waals surface area (Å²) in [5.41, 5.74) is 0. The van der Waals surface area contributed by atoms with E-state index in [9.17, 15) is 5.11 Å². The summed E-state index contributed by atoms with van der Waals surface area (Å²) in [6, 6.07) is 0. The van der Waals surface area contributed by atoms with E-state index in [1.54, 1.807) is 6.08 Å². The van der Waals surface area contributed by atoms with Gasteiger partial charge in [0.2, 0.25) is 0 Å². The molecule has 1 aliphatic rings.